The van der Waals surface area contributed by atoms with Crippen molar-refractivity contribution in [1.29, 1.82) is 0 Å². The van der Waals surface area contributed by atoms with Crippen molar-refractivity contribution >= 4 is 17.2 Å². The van der Waals surface area contributed by atoms with E-state index in [1.807, 2.05) is 27.0 Å². The van der Waals surface area contributed by atoms with Crippen molar-refractivity contribution in [3.8, 4) is 0 Å². The number of rotatable bonds is 5. The maximum Gasteiger partial charge on any atom is 0.223 e. The van der Waals surface area contributed by atoms with Crippen LogP contribution in [0.4, 0.5) is 0 Å². The van der Waals surface area contributed by atoms with E-state index in [2.05, 4.69) is 10.3 Å². The van der Waals surface area contributed by atoms with E-state index in [-0.39, 0.29) is 17.9 Å². The average molecular weight is 241 g/mol. The van der Waals surface area contributed by atoms with Crippen LogP contribution in [-0.4, -0.2) is 17.4 Å². The van der Waals surface area contributed by atoms with E-state index >= 15 is 0 Å². The molecule has 0 aliphatic carbocycles. The quantitative estimate of drug-likeness (QED) is 0.823. The number of nitrogens with zero attached hydrogens (tertiary/aromatic N) is 1. The van der Waals surface area contributed by atoms with Crippen molar-refractivity contribution in [1.82, 2.24) is 10.3 Å². The number of carbonyl (C=O) groups excluding carboxylic acids is 1. The SMILES string of the molecule is Cc1cnc(C(C)NC(=O)C(C)CCN)s1. The minimum atomic E-state index is -0.0338. The van der Waals surface area contributed by atoms with Gasteiger partial charge in [-0.05, 0) is 26.8 Å². The van der Waals surface area contributed by atoms with Crippen LogP contribution in [0.5, 0.6) is 0 Å². The second-order valence-electron chi connectivity index (χ2n) is 4.02. The van der Waals surface area contributed by atoms with Gasteiger partial charge in [-0.3, -0.25) is 4.79 Å². The molecule has 2 atom stereocenters. The zero-order chi connectivity index (χ0) is 12.1. The van der Waals surface area contributed by atoms with Gasteiger partial charge in [0.2, 0.25) is 5.91 Å². The first-order valence-electron chi connectivity index (χ1n) is 5.47. The van der Waals surface area contributed by atoms with Crippen LogP contribution in [0.1, 0.15) is 36.2 Å². The summed E-state index contributed by atoms with van der Waals surface area (Å²) >= 11 is 1.61. The molecule has 0 fully saturated rings. The molecule has 0 saturated heterocycles. The molecular formula is C11H19N3OS. The first-order chi connectivity index (χ1) is 7.54. The highest BCUT2D eigenvalue weighted by atomic mass is 32.1. The monoisotopic (exact) mass is 241 g/mol. The van der Waals surface area contributed by atoms with Gasteiger partial charge in [0, 0.05) is 17.0 Å². The van der Waals surface area contributed by atoms with Gasteiger partial charge in [0.1, 0.15) is 5.01 Å². The fourth-order valence-electron chi connectivity index (χ4n) is 1.37. The van der Waals surface area contributed by atoms with E-state index in [0.717, 1.165) is 16.3 Å². The summed E-state index contributed by atoms with van der Waals surface area (Å²) in [7, 11) is 0. The molecule has 0 radical (unpaired) electrons. The van der Waals surface area contributed by atoms with E-state index < -0.39 is 0 Å². The average Bonchev–Trinajstić information content (AvgIpc) is 2.65. The molecule has 0 aliphatic rings. The van der Waals surface area contributed by atoms with Crippen LogP contribution in [0.2, 0.25) is 0 Å². The first kappa shape index (κ1) is 13.1. The van der Waals surface area contributed by atoms with Crippen LogP contribution in [-0.2, 0) is 4.79 Å². The summed E-state index contributed by atoms with van der Waals surface area (Å²) < 4.78 is 0. The predicted octanol–water partition coefficient (Wildman–Crippen LogP) is 1.61. The number of carbonyl (C=O) groups is 1. The van der Waals surface area contributed by atoms with E-state index in [0.29, 0.717) is 6.54 Å². The van der Waals surface area contributed by atoms with Crippen molar-refractivity contribution in [3.63, 3.8) is 0 Å². The molecule has 1 heterocycles. The topological polar surface area (TPSA) is 68.0 Å². The first-order valence-corrected chi connectivity index (χ1v) is 6.29. The van der Waals surface area contributed by atoms with Crippen LogP contribution >= 0.6 is 11.3 Å². The molecule has 0 aromatic carbocycles. The van der Waals surface area contributed by atoms with Gasteiger partial charge in [0.05, 0.1) is 6.04 Å². The molecule has 0 saturated carbocycles. The Labute approximate surface area is 100 Å². The number of nitrogens with two attached hydrogens (primary N) is 1. The number of thiazole rings is 1. The molecule has 90 valence electrons. The Morgan fingerprint density at radius 3 is 2.81 bits per heavy atom. The largest absolute Gasteiger partial charge is 0.347 e. The molecule has 5 heteroatoms. The molecule has 0 spiro atoms. The summed E-state index contributed by atoms with van der Waals surface area (Å²) in [6.07, 6.45) is 2.54. The van der Waals surface area contributed by atoms with E-state index in [4.69, 9.17) is 5.73 Å². The summed E-state index contributed by atoms with van der Waals surface area (Å²) in [6.45, 7) is 6.39. The van der Waals surface area contributed by atoms with Crippen LogP contribution in [0, 0.1) is 12.8 Å². The Morgan fingerprint density at radius 1 is 1.62 bits per heavy atom. The normalized spacial score (nSPS) is 14.5. The molecule has 1 amide bonds. The maximum absolute atomic E-state index is 11.7. The summed E-state index contributed by atoms with van der Waals surface area (Å²) in [5.74, 6) is 0.0133. The lowest BCUT2D eigenvalue weighted by Crippen LogP contribution is -2.32. The Hall–Kier alpha value is -0.940. The van der Waals surface area contributed by atoms with Gasteiger partial charge in [0.15, 0.2) is 0 Å². The lowest BCUT2D eigenvalue weighted by Gasteiger charge is -2.15. The molecule has 1 aromatic rings. The lowest BCUT2D eigenvalue weighted by atomic mass is 10.1. The third kappa shape index (κ3) is 3.57. The fraction of sp³-hybridized carbons (Fsp3) is 0.636. The Balaban J connectivity index is 2.51. The fourth-order valence-corrected chi connectivity index (χ4v) is 2.15. The summed E-state index contributed by atoms with van der Waals surface area (Å²) in [6, 6.07) is -0.0218. The van der Waals surface area contributed by atoms with Crippen LogP contribution in [0.25, 0.3) is 0 Å². The maximum atomic E-state index is 11.7. The second-order valence-corrected chi connectivity index (χ2v) is 5.28. The highest BCUT2D eigenvalue weighted by molar-refractivity contribution is 7.11. The molecule has 3 N–H and O–H groups in total. The van der Waals surface area contributed by atoms with Gasteiger partial charge in [-0.2, -0.15) is 0 Å². The molecular weight excluding hydrogens is 222 g/mol. The third-order valence-corrected chi connectivity index (χ3v) is 3.51. The van der Waals surface area contributed by atoms with Crippen molar-refractivity contribution in [3.05, 3.63) is 16.1 Å². The van der Waals surface area contributed by atoms with Crippen LogP contribution in [0.15, 0.2) is 6.20 Å². The number of nitrogens with one attached hydrogen (secondary N) is 1. The number of hydrogen-bond donors (Lipinski definition) is 2. The summed E-state index contributed by atoms with van der Waals surface area (Å²) in [5.41, 5.74) is 5.42. The van der Waals surface area contributed by atoms with Gasteiger partial charge < -0.3 is 11.1 Å². The van der Waals surface area contributed by atoms with Gasteiger partial charge in [0.25, 0.3) is 0 Å². The van der Waals surface area contributed by atoms with Crippen molar-refractivity contribution in [2.45, 2.75) is 33.2 Å². The Morgan fingerprint density at radius 2 is 2.31 bits per heavy atom. The van der Waals surface area contributed by atoms with E-state index in [9.17, 15) is 4.79 Å². The molecule has 16 heavy (non-hydrogen) atoms. The molecule has 4 nitrogen and oxygen atoms in total. The molecule has 2 unspecified atom stereocenters. The highest BCUT2D eigenvalue weighted by Gasteiger charge is 2.16. The zero-order valence-corrected chi connectivity index (χ0v) is 10.8. The van der Waals surface area contributed by atoms with Gasteiger partial charge in [-0.15, -0.1) is 11.3 Å². The zero-order valence-electron chi connectivity index (χ0n) is 9.99. The number of hydrogen-bond acceptors (Lipinski definition) is 4. The molecule has 0 bridgehead atoms. The van der Waals surface area contributed by atoms with Crippen molar-refractivity contribution in [2.24, 2.45) is 11.7 Å². The number of amides is 1. The number of aromatic nitrogens is 1. The lowest BCUT2D eigenvalue weighted by molar-refractivity contribution is -0.125. The van der Waals surface area contributed by atoms with Crippen molar-refractivity contribution in [2.75, 3.05) is 6.54 Å². The molecule has 1 rings (SSSR count). The number of aryl methyl sites for hydroxylation is 1. The van der Waals surface area contributed by atoms with Crippen molar-refractivity contribution < 1.29 is 4.79 Å². The van der Waals surface area contributed by atoms with Gasteiger partial charge in [-0.25, -0.2) is 4.98 Å². The Bertz CT molecular complexity index is 351. The highest BCUT2D eigenvalue weighted by Crippen LogP contribution is 2.19. The van der Waals surface area contributed by atoms with E-state index in [1.54, 1.807) is 11.3 Å². The standard InChI is InChI=1S/C11H19N3OS/c1-7(4-5-12)10(15)14-9(3)11-13-6-8(2)16-11/h6-7,9H,4-5,12H2,1-3H3,(H,14,15). The van der Waals surface area contributed by atoms with Gasteiger partial charge >= 0.3 is 0 Å². The third-order valence-electron chi connectivity index (χ3n) is 2.42. The Kier molecular flexibility index (Phi) is 4.89. The second kappa shape index (κ2) is 5.96. The smallest absolute Gasteiger partial charge is 0.223 e. The minimum absolute atomic E-state index is 0.0218. The predicted molar refractivity (Wildman–Crippen MR) is 66.2 cm³/mol. The van der Waals surface area contributed by atoms with Crippen LogP contribution in [0.3, 0.4) is 0 Å². The van der Waals surface area contributed by atoms with Gasteiger partial charge in [-0.1, -0.05) is 6.92 Å². The summed E-state index contributed by atoms with van der Waals surface area (Å²) in [4.78, 5) is 17.1. The molecule has 1 aromatic heterocycles. The van der Waals surface area contributed by atoms with E-state index in [1.165, 1.54) is 0 Å². The summed E-state index contributed by atoms with van der Waals surface area (Å²) in [5, 5.41) is 3.90. The minimum Gasteiger partial charge on any atom is -0.347 e. The molecule has 0 aliphatic heterocycles. The van der Waals surface area contributed by atoms with Crippen LogP contribution < -0.4 is 11.1 Å².